The summed E-state index contributed by atoms with van der Waals surface area (Å²) in [7, 11) is 3.42. The Morgan fingerprint density at radius 1 is 1.20 bits per heavy atom. The van der Waals surface area contributed by atoms with E-state index in [-0.39, 0.29) is 6.03 Å². The first-order chi connectivity index (χ1) is 11.7. The molecule has 0 fully saturated rings. The van der Waals surface area contributed by atoms with Crippen LogP contribution in [-0.4, -0.2) is 31.7 Å². The third-order valence-electron chi connectivity index (χ3n) is 3.41. The lowest BCUT2D eigenvalue weighted by molar-refractivity contribution is -0.137. The molecule has 25 heavy (non-hydrogen) atoms. The highest BCUT2D eigenvalue weighted by Crippen LogP contribution is 2.35. The number of alkyl halides is 3. The zero-order valence-electron chi connectivity index (χ0n) is 14.1. The van der Waals surface area contributed by atoms with Crippen LogP contribution in [0.5, 0.6) is 0 Å². The Labute approximate surface area is 143 Å². The average molecular weight is 352 g/mol. The quantitative estimate of drug-likeness (QED) is 0.875. The van der Waals surface area contributed by atoms with Gasteiger partial charge in [-0.2, -0.15) is 13.2 Å². The van der Waals surface area contributed by atoms with E-state index in [4.69, 9.17) is 0 Å². The Bertz CT molecular complexity index is 743. The minimum atomic E-state index is -4.47. The van der Waals surface area contributed by atoms with Crippen LogP contribution in [0.15, 0.2) is 36.5 Å². The molecular weight excluding hydrogens is 333 g/mol. The second kappa shape index (κ2) is 7.42. The van der Waals surface area contributed by atoms with E-state index in [0.717, 1.165) is 12.3 Å². The summed E-state index contributed by atoms with van der Waals surface area (Å²) in [6, 6.07) is 7.28. The number of hydrogen-bond donors (Lipinski definition) is 2. The zero-order valence-corrected chi connectivity index (χ0v) is 14.1. The highest BCUT2D eigenvalue weighted by Gasteiger charge is 2.32. The molecule has 0 saturated heterocycles. The largest absolute Gasteiger partial charge is 0.417 e. The number of amides is 2. The number of halogens is 3. The van der Waals surface area contributed by atoms with Crippen LogP contribution in [0, 0.1) is 0 Å². The average Bonchev–Trinajstić information content (AvgIpc) is 2.54. The molecule has 0 saturated carbocycles. The van der Waals surface area contributed by atoms with E-state index in [2.05, 4.69) is 15.6 Å². The molecule has 8 heteroatoms. The van der Waals surface area contributed by atoms with Gasteiger partial charge >= 0.3 is 12.2 Å². The fraction of sp³-hybridized carbons (Fsp3) is 0.294. The van der Waals surface area contributed by atoms with Crippen molar-refractivity contribution in [1.82, 2.24) is 10.3 Å². The van der Waals surface area contributed by atoms with Crippen LogP contribution in [0.4, 0.5) is 29.5 Å². The van der Waals surface area contributed by atoms with Gasteiger partial charge in [0.2, 0.25) is 0 Å². The summed E-state index contributed by atoms with van der Waals surface area (Å²) in [5.41, 5.74) is 0.673. The summed E-state index contributed by atoms with van der Waals surface area (Å²) in [6.45, 7) is 2.29. The van der Waals surface area contributed by atoms with Crippen LogP contribution in [-0.2, 0) is 6.18 Å². The van der Waals surface area contributed by atoms with Crippen molar-refractivity contribution in [1.29, 1.82) is 0 Å². The number of urea groups is 1. The minimum absolute atomic E-state index is 0.343. The maximum Gasteiger partial charge on any atom is 0.417 e. The van der Waals surface area contributed by atoms with Gasteiger partial charge < -0.3 is 15.5 Å². The van der Waals surface area contributed by atoms with Gasteiger partial charge in [-0.05, 0) is 30.7 Å². The first-order valence-electron chi connectivity index (χ1n) is 7.62. The van der Waals surface area contributed by atoms with Crippen LogP contribution in [0.3, 0.4) is 0 Å². The van der Waals surface area contributed by atoms with E-state index in [0.29, 0.717) is 29.2 Å². The van der Waals surface area contributed by atoms with Crippen molar-refractivity contribution in [3.63, 3.8) is 0 Å². The predicted octanol–water partition coefficient (Wildman–Crippen LogP) is 3.97. The van der Waals surface area contributed by atoms with E-state index < -0.39 is 11.7 Å². The Hall–Kier alpha value is -2.77. The van der Waals surface area contributed by atoms with Gasteiger partial charge in [-0.3, -0.25) is 0 Å². The Morgan fingerprint density at radius 2 is 1.84 bits per heavy atom. The molecule has 0 aliphatic carbocycles. The predicted molar refractivity (Wildman–Crippen MR) is 91.7 cm³/mol. The lowest BCUT2D eigenvalue weighted by Gasteiger charge is -2.18. The monoisotopic (exact) mass is 352 g/mol. The van der Waals surface area contributed by atoms with Crippen LogP contribution in [0.2, 0.25) is 0 Å². The van der Waals surface area contributed by atoms with Crippen molar-refractivity contribution in [2.45, 2.75) is 13.1 Å². The lowest BCUT2D eigenvalue weighted by Crippen LogP contribution is -2.28. The molecule has 0 radical (unpaired) electrons. The smallest absolute Gasteiger partial charge is 0.362 e. The molecule has 134 valence electrons. The fourth-order valence-corrected chi connectivity index (χ4v) is 2.25. The number of nitrogens with zero attached hydrogens (tertiary/aromatic N) is 2. The summed E-state index contributed by atoms with van der Waals surface area (Å²) in [6.07, 6.45) is -3.64. The summed E-state index contributed by atoms with van der Waals surface area (Å²) in [4.78, 5) is 17.1. The molecule has 2 rings (SSSR count). The normalized spacial score (nSPS) is 11.1. The summed E-state index contributed by atoms with van der Waals surface area (Å²) < 4.78 is 39.0. The topological polar surface area (TPSA) is 57.3 Å². The molecule has 2 amide bonds. The van der Waals surface area contributed by atoms with Gasteiger partial charge in [0.15, 0.2) is 0 Å². The molecule has 2 N–H and O–H groups in total. The number of hydrogen-bond acceptors (Lipinski definition) is 3. The van der Waals surface area contributed by atoms with Crippen molar-refractivity contribution >= 4 is 17.5 Å². The van der Waals surface area contributed by atoms with Gasteiger partial charge in [0, 0.05) is 38.1 Å². The Balaban J connectivity index is 2.37. The number of carbonyl (C=O) groups is 1. The molecule has 0 spiro atoms. The summed E-state index contributed by atoms with van der Waals surface area (Å²) in [5, 5.41) is 5.24. The first-order valence-corrected chi connectivity index (χ1v) is 7.62. The highest BCUT2D eigenvalue weighted by atomic mass is 19.4. The fourth-order valence-electron chi connectivity index (χ4n) is 2.25. The van der Waals surface area contributed by atoms with Gasteiger partial charge in [-0.25, -0.2) is 9.78 Å². The van der Waals surface area contributed by atoms with Crippen LogP contribution < -0.4 is 15.5 Å². The van der Waals surface area contributed by atoms with Gasteiger partial charge in [0.25, 0.3) is 0 Å². The molecule has 0 aliphatic heterocycles. The zero-order chi connectivity index (χ0) is 18.6. The second-order valence-corrected chi connectivity index (χ2v) is 5.55. The molecule has 0 atom stereocenters. The number of pyridine rings is 1. The Kier molecular flexibility index (Phi) is 5.51. The number of carbonyl (C=O) groups excluding carboxylic acids is 1. The molecule has 1 aromatic carbocycles. The maximum absolute atomic E-state index is 13.0. The van der Waals surface area contributed by atoms with Crippen molar-refractivity contribution < 1.29 is 18.0 Å². The van der Waals surface area contributed by atoms with E-state index in [9.17, 15) is 18.0 Å². The summed E-state index contributed by atoms with van der Waals surface area (Å²) >= 11 is 0. The highest BCUT2D eigenvalue weighted by molar-refractivity contribution is 5.89. The molecule has 1 heterocycles. The third kappa shape index (κ3) is 4.62. The molecule has 2 aromatic rings. The standard InChI is InChI=1S/C17H19F3N4O/c1-4-21-16(25)23-13-7-5-11(6-8-13)14-9-12(17(18,19)20)10-22-15(14)24(2)3/h5-10H,4H2,1-3H3,(H2,21,23,25). The van der Waals surface area contributed by atoms with Gasteiger partial charge in [0.05, 0.1) is 5.56 Å². The van der Waals surface area contributed by atoms with E-state index in [1.165, 1.54) is 0 Å². The second-order valence-electron chi connectivity index (χ2n) is 5.55. The molecular formula is C17H19F3N4O. The van der Waals surface area contributed by atoms with Crippen molar-refractivity contribution in [3.05, 3.63) is 42.1 Å². The van der Waals surface area contributed by atoms with Crippen molar-refractivity contribution in [2.75, 3.05) is 30.9 Å². The van der Waals surface area contributed by atoms with Crippen molar-refractivity contribution in [2.24, 2.45) is 0 Å². The molecule has 0 unspecified atom stereocenters. The number of rotatable bonds is 4. The van der Waals surface area contributed by atoms with Crippen molar-refractivity contribution in [3.8, 4) is 11.1 Å². The SMILES string of the molecule is CCNC(=O)Nc1ccc(-c2cc(C(F)(F)F)cnc2N(C)C)cc1. The molecule has 0 bridgehead atoms. The van der Waals surface area contributed by atoms with Gasteiger partial charge in [-0.1, -0.05) is 12.1 Å². The number of anilines is 2. The van der Waals surface area contributed by atoms with Crippen LogP contribution in [0.1, 0.15) is 12.5 Å². The van der Waals surface area contributed by atoms with E-state index in [1.54, 1.807) is 50.2 Å². The number of nitrogens with one attached hydrogen (secondary N) is 2. The molecule has 0 aliphatic rings. The number of benzene rings is 1. The maximum atomic E-state index is 13.0. The van der Waals surface area contributed by atoms with Crippen LogP contribution >= 0.6 is 0 Å². The first kappa shape index (κ1) is 18.6. The van der Waals surface area contributed by atoms with Gasteiger partial charge in [0.1, 0.15) is 5.82 Å². The van der Waals surface area contributed by atoms with Crippen LogP contribution in [0.25, 0.3) is 11.1 Å². The van der Waals surface area contributed by atoms with Gasteiger partial charge in [-0.15, -0.1) is 0 Å². The minimum Gasteiger partial charge on any atom is -0.362 e. The lowest BCUT2D eigenvalue weighted by atomic mass is 10.0. The third-order valence-corrected chi connectivity index (χ3v) is 3.41. The van der Waals surface area contributed by atoms with E-state index in [1.807, 2.05) is 0 Å². The number of aromatic nitrogens is 1. The summed E-state index contributed by atoms with van der Waals surface area (Å²) in [5.74, 6) is 0.428. The molecule has 5 nitrogen and oxygen atoms in total. The Morgan fingerprint density at radius 3 is 2.36 bits per heavy atom. The van der Waals surface area contributed by atoms with E-state index >= 15 is 0 Å². The molecule has 1 aromatic heterocycles.